The van der Waals surface area contributed by atoms with Crippen LogP contribution in [0.25, 0.3) is 0 Å². The lowest BCUT2D eigenvalue weighted by Gasteiger charge is -2.41. The number of nitrogens with one attached hydrogen (secondary N) is 1. The molecule has 0 bridgehead atoms. The molecule has 0 aliphatic carbocycles. The number of aliphatic carboxylic acids is 1. The molecular formula is C12H22N2O4. The van der Waals surface area contributed by atoms with Crippen LogP contribution in [0.1, 0.15) is 20.3 Å². The van der Waals surface area contributed by atoms with E-state index in [4.69, 9.17) is 9.84 Å². The Bertz CT molecular complexity index is 290. The van der Waals surface area contributed by atoms with Crippen molar-refractivity contribution in [2.45, 2.75) is 20.3 Å². The molecule has 0 aromatic carbocycles. The molecular weight excluding hydrogens is 236 g/mol. The second-order valence-corrected chi connectivity index (χ2v) is 4.57. The molecule has 0 spiro atoms. The number of carboxylic acid groups (broad SMARTS) is 1. The predicted molar refractivity (Wildman–Crippen MR) is 66.4 cm³/mol. The molecule has 1 aliphatic rings. The van der Waals surface area contributed by atoms with Crippen LogP contribution in [0.3, 0.4) is 0 Å². The van der Waals surface area contributed by atoms with Crippen molar-refractivity contribution in [3.63, 3.8) is 0 Å². The molecule has 2 N–H and O–H groups in total. The van der Waals surface area contributed by atoms with Crippen LogP contribution in [0, 0.1) is 11.8 Å². The number of carbonyl (C=O) groups excluding carboxylic acids is 1. The first-order chi connectivity index (χ1) is 8.56. The van der Waals surface area contributed by atoms with Crippen LogP contribution in [0.15, 0.2) is 0 Å². The Hall–Kier alpha value is -1.30. The highest BCUT2D eigenvalue weighted by molar-refractivity contribution is 5.76. The zero-order valence-corrected chi connectivity index (χ0v) is 11.0. The first-order valence-electron chi connectivity index (χ1n) is 6.39. The van der Waals surface area contributed by atoms with Crippen molar-refractivity contribution < 1.29 is 19.4 Å². The monoisotopic (exact) mass is 258 g/mol. The van der Waals surface area contributed by atoms with Gasteiger partial charge >= 0.3 is 12.0 Å². The molecule has 1 unspecified atom stereocenters. The average Bonchev–Trinajstić information content (AvgIpc) is 2.26. The lowest BCUT2D eigenvalue weighted by molar-refractivity contribution is -0.144. The molecule has 1 fully saturated rings. The van der Waals surface area contributed by atoms with E-state index in [1.54, 1.807) is 11.8 Å². The quantitative estimate of drug-likeness (QED) is 0.661. The normalized spacial score (nSPS) is 17.1. The summed E-state index contributed by atoms with van der Waals surface area (Å²) in [6.45, 7) is 6.61. The maximum Gasteiger partial charge on any atom is 0.317 e. The van der Waals surface area contributed by atoms with Gasteiger partial charge < -0.3 is 20.1 Å². The summed E-state index contributed by atoms with van der Waals surface area (Å²) in [7, 11) is 0. The number of carbonyl (C=O) groups is 2. The highest BCUT2D eigenvalue weighted by Crippen LogP contribution is 2.23. The second-order valence-electron chi connectivity index (χ2n) is 4.57. The van der Waals surface area contributed by atoms with Crippen molar-refractivity contribution in [2.24, 2.45) is 11.8 Å². The third-order valence-electron chi connectivity index (χ3n) is 3.24. The van der Waals surface area contributed by atoms with Crippen molar-refractivity contribution in [2.75, 3.05) is 32.8 Å². The first-order valence-corrected chi connectivity index (χ1v) is 6.39. The van der Waals surface area contributed by atoms with Gasteiger partial charge in [0.05, 0.1) is 5.92 Å². The topological polar surface area (TPSA) is 78.9 Å². The van der Waals surface area contributed by atoms with E-state index in [9.17, 15) is 9.59 Å². The summed E-state index contributed by atoms with van der Waals surface area (Å²) in [5, 5.41) is 11.6. The zero-order chi connectivity index (χ0) is 13.5. The largest absolute Gasteiger partial charge is 0.481 e. The van der Waals surface area contributed by atoms with E-state index < -0.39 is 5.97 Å². The van der Waals surface area contributed by atoms with E-state index in [-0.39, 0.29) is 17.9 Å². The summed E-state index contributed by atoms with van der Waals surface area (Å²) < 4.78 is 5.16. The van der Waals surface area contributed by atoms with E-state index in [2.05, 4.69) is 5.32 Å². The molecule has 104 valence electrons. The molecule has 1 atom stereocenters. The molecule has 2 amide bonds. The highest BCUT2D eigenvalue weighted by atomic mass is 16.5. The van der Waals surface area contributed by atoms with Crippen LogP contribution in [-0.4, -0.2) is 54.9 Å². The van der Waals surface area contributed by atoms with Gasteiger partial charge in [0.2, 0.25) is 0 Å². The van der Waals surface area contributed by atoms with E-state index >= 15 is 0 Å². The fourth-order valence-corrected chi connectivity index (χ4v) is 1.82. The molecule has 6 nitrogen and oxygen atoms in total. The number of carboxylic acids is 1. The van der Waals surface area contributed by atoms with Crippen LogP contribution in [0.4, 0.5) is 4.79 Å². The molecule has 18 heavy (non-hydrogen) atoms. The van der Waals surface area contributed by atoms with Gasteiger partial charge in [-0.25, -0.2) is 4.79 Å². The maximum atomic E-state index is 11.6. The average molecular weight is 258 g/mol. The van der Waals surface area contributed by atoms with E-state index in [1.807, 2.05) is 6.92 Å². The molecule has 6 heteroatoms. The van der Waals surface area contributed by atoms with Crippen LogP contribution >= 0.6 is 0 Å². The smallest absolute Gasteiger partial charge is 0.317 e. The van der Waals surface area contributed by atoms with Gasteiger partial charge in [-0.3, -0.25) is 4.79 Å². The van der Waals surface area contributed by atoms with Gasteiger partial charge in [0.1, 0.15) is 0 Å². The van der Waals surface area contributed by atoms with Crippen molar-refractivity contribution >= 4 is 12.0 Å². The summed E-state index contributed by atoms with van der Waals surface area (Å²) in [6.07, 6.45) is 0.794. The summed E-state index contributed by atoms with van der Waals surface area (Å²) in [4.78, 5) is 24.0. The molecule has 0 aromatic heterocycles. The Morgan fingerprint density at radius 1 is 1.50 bits per heavy atom. The fraction of sp³-hybridized carbons (Fsp3) is 0.833. The number of amides is 2. The van der Waals surface area contributed by atoms with Gasteiger partial charge in [-0.1, -0.05) is 6.92 Å². The minimum atomic E-state index is -0.795. The second kappa shape index (κ2) is 7.20. The van der Waals surface area contributed by atoms with Gasteiger partial charge in [-0.15, -0.1) is 0 Å². The minimum absolute atomic E-state index is 0.0803. The van der Waals surface area contributed by atoms with E-state index in [0.29, 0.717) is 32.8 Å². The number of hydrogen-bond acceptors (Lipinski definition) is 3. The van der Waals surface area contributed by atoms with Crippen LogP contribution in [-0.2, 0) is 9.53 Å². The predicted octanol–water partition coefficient (Wildman–Crippen LogP) is 0.775. The number of urea groups is 1. The van der Waals surface area contributed by atoms with Gasteiger partial charge in [-0.2, -0.15) is 0 Å². The Morgan fingerprint density at radius 2 is 2.17 bits per heavy atom. The molecule has 1 heterocycles. The molecule has 0 radical (unpaired) electrons. The minimum Gasteiger partial charge on any atom is -0.481 e. The van der Waals surface area contributed by atoms with E-state index in [0.717, 1.165) is 6.42 Å². The zero-order valence-electron chi connectivity index (χ0n) is 11.0. The summed E-state index contributed by atoms with van der Waals surface area (Å²) in [6, 6.07) is -0.111. The van der Waals surface area contributed by atoms with Crippen molar-refractivity contribution in [3.8, 4) is 0 Å². The van der Waals surface area contributed by atoms with Crippen molar-refractivity contribution in [1.82, 2.24) is 10.2 Å². The van der Waals surface area contributed by atoms with Gasteiger partial charge in [0, 0.05) is 38.8 Å². The SMILES string of the molecule is CCOCCCNC(=O)N1CC(C(C)C(=O)O)C1. The maximum absolute atomic E-state index is 11.6. The highest BCUT2D eigenvalue weighted by Gasteiger charge is 2.36. The van der Waals surface area contributed by atoms with Gasteiger partial charge in [0.15, 0.2) is 0 Å². The van der Waals surface area contributed by atoms with Crippen LogP contribution < -0.4 is 5.32 Å². The molecule has 1 saturated heterocycles. The van der Waals surface area contributed by atoms with Gasteiger partial charge in [-0.05, 0) is 13.3 Å². The fourth-order valence-electron chi connectivity index (χ4n) is 1.82. The van der Waals surface area contributed by atoms with Crippen molar-refractivity contribution in [1.29, 1.82) is 0 Å². The van der Waals surface area contributed by atoms with Crippen LogP contribution in [0.5, 0.6) is 0 Å². The summed E-state index contributed by atoms with van der Waals surface area (Å²) >= 11 is 0. The number of likely N-dealkylation sites (tertiary alicyclic amines) is 1. The Kier molecular flexibility index (Phi) is 5.91. The first kappa shape index (κ1) is 14.8. The Balaban J connectivity index is 2.10. The third kappa shape index (κ3) is 4.18. The molecule has 0 saturated carbocycles. The van der Waals surface area contributed by atoms with Crippen molar-refractivity contribution in [3.05, 3.63) is 0 Å². The third-order valence-corrected chi connectivity index (χ3v) is 3.24. The number of nitrogens with zero attached hydrogens (tertiary/aromatic N) is 1. The Labute approximate surface area is 107 Å². The van der Waals surface area contributed by atoms with Gasteiger partial charge in [0.25, 0.3) is 0 Å². The number of ether oxygens (including phenoxy) is 1. The standard InChI is InChI=1S/C12H22N2O4/c1-3-18-6-4-5-13-12(17)14-7-10(8-14)9(2)11(15)16/h9-10H,3-8H2,1-2H3,(H,13,17)(H,15,16). The number of hydrogen-bond donors (Lipinski definition) is 2. The lowest BCUT2D eigenvalue weighted by Crippen LogP contribution is -2.56. The van der Waals surface area contributed by atoms with E-state index in [1.165, 1.54) is 0 Å². The molecule has 1 rings (SSSR count). The Morgan fingerprint density at radius 3 is 2.72 bits per heavy atom. The molecule has 0 aromatic rings. The lowest BCUT2D eigenvalue weighted by atomic mass is 9.87. The summed E-state index contributed by atoms with van der Waals surface area (Å²) in [5.41, 5.74) is 0. The molecule has 1 aliphatic heterocycles. The number of rotatable bonds is 7. The summed E-state index contributed by atoms with van der Waals surface area (Å²) in [5.74, 6) is -1.10. The van der Waals surface area contributed by atoms with Crippen LogP contribution in [0.2, 0.25) is 0 Å².